The molecule has 1 aromatic rings. The van der Waals surface area contributed by atoms with Gasteiger partial charge in [-0.1, -0.05) is 94.8 Å². The van der Waals surface area contributed by atoms with E-state index in [2.05, 4.69) is 0 Å². The summed E-state index contributed by atoms with van der Waals surface area (Å²) in [6.07, 6.45) is 9.50. The van der Waals surface area contributed by atoms with E-state index in [9.17, 15) is 39.0 Å². The fraction of sp³-hybridized carbons (Fsp3) is 0.683. The van der Waals surface area contributed by atoms with Crippen LogP contribution < -0.4 is 0 Å². The van der Waals surface area contributed by atoms with E-state index in [-0.39, 0.29) is 62.0 Å². The maximum atomic E-state index is 14.4. The van der Waals surface area contributed by atoms with Crippen LogP contribution in [0.2, 0.25) is 5.02 Å². The van der Waals surface area contributed by atoms with E-state index in [4.69, 9.17) is 49.5 Å². The Morgan fingerprint density at radius 2 is 1.56 bits per heavy atom. The Labute approximate surface area is 484 Å². The van der Waals surface area contributed by atoms with E-state index < -0.39 is 108 Å². The van der Waals surface area contributed by atoms with E-state index in [1.165, 1.54) is 12.0 Å². The Morgan fingerprint density at radius 3 is 2.22 bits per heavy atom. The Kier molecular flexibility index (Phi) is 24.3. The molecule has 1 amide bonds. The third kappa shape index (κ3) is 17.1. The van der Waals surface area contributed by atoms with Gasteiger partial charge in [0, 0.05) is 75.6 Å². The van der Waals surface area contributed by atoms with Crippen LogP contribution >= 0.6 is 11.6 Å². The summed E-state index contributed by atoms with van der Waals surface area (Å²) in [5.41, 5.74) is 0.973. The van der Waals surface area contributed by atoms with Crippen molar-refractivity contribution in [1.29, 1.82) is 0 Å². The van der Waals surface area contributed by atoms with Gasteiger partial charge in [0.05, 0.1) is 37.4 Å². The largest absolute Gasteiger partial charge is 0.461 e. The second kappa shape index (κ2) is 29.9. The van der Waals surface area contributed by atoms with Gasteiger partial charge in [-0.05, 0) is 120 Å². The SMILES string of the molecule is CO[C@H]1C[C@@H]2CC[C@@H](C)[C@@](O)(O2)C(=O)C(=O)N2CCCC(C2)C(=O)O[C@H]([C@H](C)C[C@@H]2CC[C@@H](OC(=O)C3(C)COC(c4ccc(Cl)cc4)OC3)[C@H](OC)C2)CC(=O)[C@H](C)/C=C(\C)[C@@H](O)[C@@H](OC)C(=O)[C@H](C)C[C@H](C)/C=C/C=C/C=C1C. The lowest BCUT2D eigenvalue weighted by molar-refractivity contribution is -0.265. The van der Waals surface area contributed by atoms with Gasteiger partial charge in [0.2, 0.25) is 5.79 Å². The summed E-state index contributed by atoms with van der Waals surface area (Å²) >= 11 is 6.07. The van der Waals surface area contributed by atoms with Gasteiger partial charge in [-0.2, -0.15) is 0 Å². The number of ketones is 3. The lowest BCUT2D eigenvalue weighted by Gasteiger charge is -2.42. The number of hydrogen-bond acceptors (Lipinski definition) is 16. The van der Waals surface area contributed by atoms with Gasteiger partial charge in [0.25, 0.3) is 11.7 Å². The number of allylic oxidation sites excluding steroid dienone is 6. The number of esters is 2. The molecule has 17 nitrogen and oxygen atoms in total. The second-order valence-electron chi connectivity index (χ2n) is 24.1. The number of rotatable bonds is 9. The quantitative estimate of drug-likeness (QED) is 0.134. The van der Waals surface area contributed by atoms with Gasteiger partial charge in [0.15, 0.2) is 12.1 Å². The van der Waals surface area contributed by atoms with Gasteiger partial charge in [-0.3, -0.25) is 28.8 Å². The van der Waals surface area contributed by atoms with E-state index >= 15 is 0 Å². The molecule has 1 aromatic carbocycles. The number of aliphatic hydroxyl groups is 2. The predicted octanol–water partition coefficient (Wildman–Crippen LogP) is 8.99. The highest BCUT2D eigenvalue weighted by molar-refractivity contribution is 6.38. The molecular formula is C63H90ClNO16. The lowest BCUT2D eigenvalue weighted by Crippen LogP contribution is -2.59. The number of piperidine rings is 1. The number of cyclic esters (lactones) is 1. The molecular weight excluding hydrogens is 1060 g/mol. The molecule has 81 heavy (non-hydrogen) atoms. The highest BCUT2D eigenvalue weighted by atomic mass is 35.5. The predicted molar refractivity (Wildman–Crippen MR) is 303 cm³/mol. The first kappa shape index (κ1) is 65.7. The molecule has 4 bridgehead atoms. The molecule has 1 aliphatic carbocycles. The first-order chi connectivity index (χ1) is 38.4. The molecule has 4 aliphatic heterocycles. The van der Waals surface area contributed by atoms with E-state index in [1.54, 1.807) is 60.1 Å². The number of carbonyl (C=O) groups excluding carboxylic acids is 6. The highest BCUT2D eigenvalue weighted by Crippen LogP contribution is 2.40. The van der Waals surface area contributed by atoms with E-state index in [1.807, 2.05) is 70.2 Å². The minimum absolute atomic E-state index is 0.00565. The Balaban J connectivity index is 1.20. The summed E-state index contributed by atoms with van der Waals surface area (Å²) in [6, 6.07) is 7.12. The minimum atomic E-state index is -2.40. The van der Waals surface area contributed by atoms with Crippen LogP contribution in [-0.2, 0) is 66.7 Å². The van der Waals surface area contributed by atoms with Crippen molar-refractivity contribution in [2.45, 2.75) is 181 Å². The zero-order valence-electron chi connectivity index (χ0n) is 49.5. The van der Waals surface area contributed by atoms with Gasteiger partial charge in [0.1, 0.15) is 35.6 Å². The van der Waals surface area contributed by atoms with Crippen LogP contribution in [0.4, 0.5) is 0 Å². The first-order valence-corrected chi connectivity index (χ1v) is 29.5. The van der Waals surface area contributed by atoms with Crippen LogP contribution in [0.15, 0.2) is 71.9 Å². The average Bonchev–Trinajstić information content (AvgIpc) is 3.52. The molecule has 4 fully saturated rings. The average molecular weight is 1150 g/mol. The topological polar surface area (TPSA) is 220 Å². The fourth-order valence-electron chi connectivity index (χ4n) is 12.0. The molecule has 1 unspecified atom stereocenters. The van der Waals surface area contributed by atoms with Crippen LogP contribution in [0.3, 0.4) is 0 Å². The van der Waals surface area contributed by atoms with Crippen molar-refractivity contribution in [1.82, 2.24) is 4.90 Å². The van der Waals surface area contributed by atoms with Gasteiger partial charge in [-0.25, -0.2) is 0 Å². The molecule has 18 heteroatoms. The molecule has 1 saturated carbocycles. The third-order valence-electron chi connectivity index (χ3n) is 17.5. The molecule has 2 N–H and O–H groups in total. The molecule has 15 atom stereocenters. The molecule has 0 aromatic heterocycles. The molecule has 6 rings (SSSR count). The number of nitrogens with zero attached hydrogens (tertiary/aromatic N) is 1. The fourth-order valence-corrected chi connectivity index (χ4v) is 12.1. The first-order valence-electron chi connectivity index (χ1n) is 29.1. The molecule has 5 aliphatic rings. The Bertz CT molecular complexity index is 2450. The maximum absolute atomic E-state index is 14.4. The van der Waals surface area contributed by atoms with Crippen molar-refractivity contribution in [2.75, 3.05) is 47.6 Å². The lowest BCUT2D eigenvalue weighted by atomic mass is 9.78. The third-order valence-corrected chi connectivity index (χ3v) is 17.7. The summed E-state index contributed by atoms with van der Waals surface area (Å²) < 4.78 is 48.1. The van der Waals surface area contributed by atoms with Crippen molar-refractivity contribution >= 4 is 46.8 Å². The number of amides is 1. The van der Waals surface area contributed by atoms with E-state index in [0.29, 0.717) is 74.8 Å². The van der Waals surface area contributed by atoms with Crippen LogP contribution in [-0.4, -0.2) is 146 Å². The Hall–Kier alpha value is -4.43. The van der Waals surface area contributed by atoms with Crippen molar-refractivity contribution in [3.8, 4) is 0 Å². The number of carbonyl (C=O) groups is 6. The molecule has 0 radical (unpaired) electrons. The number of fused-ring (bicyclic) bond motifs is 4. The van der Waals surface area contributed by atoms with E-state index in [0.717, 1.165) is 11.1 Å². The normalized spacial score (nSPS) is 37.9. The Morgan fingerprint density at radius 1 is 0.852 bits per heavy atom. The number of hydrogen-bond donors (Lipinski definition) is 2. The number of aliphatic hydroxyl groups excluding tert-OH is 1. The van der Waals surface area contributed by atoms with Crippen LogP contribution in [0, 0.1) is 46.8 Å². The monoisotopic (exact) mass is 1150 g/mol. The zero-order valence-corrected chi connectivity index (χ0v) is 50.2. The molecule has 450 valence electrons. The van der Waals surface area contributed by atoms with Crippen LogP contribution in [0.5, 0.6) is 0 Å². The summed E-state index contributed by atoms with van der Waals surface area (Å²) in [5.74, 6) is -9.21. The second-order valence-corrected chi connectivity index (χ2v) is 24.5. The minimum Gasteiger partial charge on any atom is -0.461 e. The number of benzene rings is 1. The summed E-state index contributed by atoms with van der Waals surface area (Å²) in [7, 11) is 4.53. The van der Waals surface area contributed by atoms with Gasteiger partial charge < -0.3 is 53.0 Å². The summed E-state index contributed by atoms with van der Waals surface area (Å²) in [4.78, 5) is 86.0. The number of methoxy groups -OCH3 is 3. The van der Waals surface area contributed by atoms with Crippen molar-refractivity contribution in [3.05, 3.63) is 82.5 Å². The molecule has 4 heterocycles. The van der Waals surface area contributed by atoms with Crippen LogP contribution in [0.1, 0.15) is 138 Å². The van der Waals surface area contributed by atoms with Gasteiger partial charge in [-0.15, -0.1) is 0 Å². The zero-order chi connectivity index (χ0) is 59.3. The molecule has 3 saturated heterocycles. The summed E-state index contributed by atoms with van der Waals surface area (Å²) in [5, 5.41) is 24.1. The molecule has 0 spiro atoms. The van der Waals surface area contributed by atoms with Crippen molar-refractivity contribution in [3.63, 3.8) is 0 Å². The highest BCUT2D eigenvalue weighted by Gasteiger charge is 2.52. The smallest absolute Gasteiger partial charge is 0.316 e. The standard InChI is InChI=1S/C63H90ClNO16/c1-37-16-13-12-14-17-38(2)51(74-9)32-48-25-19-43(7)63(73,81-48)57(69)58(70)65-27-15-18-46(34-65)59(71)79-52(33-49(66)39(3)29-42(6)55(68)56(76-11)54(67)41(5)28-37)40(4)30-44-20-26-50(53(31-44)75-10)80-61(72)62(8)35-77-60(78-36-62)45-21-23-47(64)24-22-45/h12-14,16-17,21-24,29,37,39-41,43-44,46,48,50-53,55-56,60,68,73H,15,18-20,25-28,30-36H2,1-11H3/b14-12+,16-13+,38-17?,42-29+/t37-,39-,40-,41-,43-,44+,46?,48+,50-,51+,52+,53-,55-,56+,60?,62?,63-/m1/s1. The van der Waals surface area contributed by atoms with Crippen molar-refractivity contribution < 1.29 is 76.9 Å². The number of halogens is 1. The van der Waals surface area contributed by atoms with Crippen molar-refractivity contribution in [2.24, 2.45) is 46.8 Å². The van der Waals surface area contributed by atoms with Crippen LogP contribution in [0.25, 0.3) is 0 Å². The number of ether oxygens (including phenoxy) is 8. The number of Topliss-reactive ketones (excluding diaryl/α,β-unsaturated/α-hetero) is 3. The summed E-state index contributed by atoms with van der Waals surface area (Å²) in [6.45, 7) is 14.6. The maximum Gasteiger partial charge on any atom is 0.316 e. The van der Waals surface area contributed by atoms with Gasteiger partial charge >= 0.3 is 11.9 Å².